The van der Waals surface area contributed by atoms with E-state index in [2.05, 4.69) is 28.8 Å². The Kier molecular flexibility index (Phi) is 7.20. The van der Waals surface area contributed by atoms with E-state index in [0.717, 1.165) is 24.4 Å². The highest BCUT2D eigenvalue weighted by Gasteiger charge is 2.42. The number of rotatable bonds is 8. The Labute approximate surface area is 196 Å². The number of benzene rings is 1. The third kappa shape index (κ3) is 5.29. The van der Waals surface area contributed by atoms with Crippen LogP contribution >= 0.6 is 0 Å². The molecule has 5 rings (SSSR count). The molecule has 5 atom stereocenters. The van der Waals surface area contributed by atoms with Gasteiger partial charge in [-0.3, -0.25) is 0 Å². The van der Waals surface area contributed by atoms with Gasteiger partial charge in [-0.2, -0.15) is 5.10 Å². The van der Waals surface area contributed by atoms with Crippen LogP contribution in [0.15, 0.2) is 30.9 Å². The predicted molar refractivity (Wildman–Crippen MR) is 124 cm³/mol. The van der Waals surface area contributed by atoms with Gasteiger partial charge in [0.1, 0.15) is 29.9 Å². The lowest BCUT2D eigenvalue weighted by molar-refractivity contribution is -0.0300. The second-order valence-electron chi connectivity index (χ2n) is 10.9. The smallest absolute Gasteiger partial charge is 0.137 e. The van der Waals surface area contributed by atoms with Crippen molar-refractivity contribution in [2.24, 2.45) is 23.2 Å². The van der Waals surface area contributed by atoms with Gasteiger partial charge in [-0.1, -0.05) is 39.2 Å². The fourth-order valence-electron chi connectivity index (χ4n) is 6.58. The lowest BCUT2D eigenvalue weighted by atomic mass is 9.58. The molecule has 3 saturated carbocycles. The van der Waals surface area contributed by atoms with Gasteiger partial charge < -0.3 is 10.0 Å². The highest BCUT2D eigenvalue weighted by molar-refractivity contribution is 5.25. The first-order valence-corrected chi connectivity index (χ1v) is 12.4. The second kappa shape index (κ2) is 9.79. The molecule has 3 aliphatic carbocycles. The van der Waals surface area contributed by atoms with E-state index < -0.39 is 17.2 Å². The summed E-state index contributed by atoms with van der Waals surface area (Å²) in [6.45, 7) is 5.94. The summed E-state index contributed by atoms with van der Waals surface area (Å²) in [4.78, 5) is 6.08. The average molecular weight is 461 g/mol. The Hall–Kier alpha value is -1.86. The van der Waals surface area contributed by atoms with E-state index in [9.17, 15) is 13.9 Å². The molecule has 5 unspecified atom stereocenters. The number of halogens is 2. The molecule has 1 heterocycles. The molecule has 1 N–H and O–H groups in total. The molecule has 0 radical (unpaired) electrons. The summed E-state index contributed by atoms with van der Waals surface area (Å²) < 4.78 is 29.8. The van der Waals surface area contributed by atoms with Gasteiger partial charge in [0.05, 0.1) is 6.54 Å². The van der Waals surface area contributed by atoms with E-state index in [1.54, 1.807) is 0 Å². The van der Waals surface area contributed by atoms with Crippen molar-refractivity contribution in [2.75, 3.05) is 20.1 Å². The number of hydrogen-bond acceptors (Lipinski definition) is 4. The Bertz CT molecular complexity index is 921. The van der Waals surface area contributed by atoms with Crippen molar-refractivity contribution < 1.29 is 13.9 Å². The maximum Gasteiger partial charge on any atom is 0.137 e. The van der Waals surface area contributed by atoms with Crippen LogP contribution in [0.2, 0.25) is 0 Å². The minimum atomic E-state index is -1.56. The van der Waals surface area contributed by atoms with E-state index in [1.807, 2.05) is 7.05 Å². The molecule has 33 heavy (non-hydrogen) atoms. The summed E-state index contributed by atoms with van der Waals surface area (Å²) >= 11 is 0. The summed E-state index contributed by atoms with van der Waals surface area (Å²) in [6, 6.07) is 3.38. The van der Waals surface area contributed by atoms with Crippen molar-refractivity contribution in [3.8, 4) is 0 Å². The molecule has 0 saturated heterocycles. The van der Waals surface area contributed by atoms with Crippen molar-refractivity contribution >= 4 is 0 Å². The van der Waals surface area contributed by atoms with Gasteiger partial charge in [0.2, 0.25) is 0 Å². The van der Waals surface area contributed by atoms with Gasteiger partial charge in [-0.05, 0) is 62.0 Å². The number of fused-ring (bicyclic) bond motifs is 5. The molecular formula is C26H38F2N4O. The molecule has 3 fully saturated rings. The minimum Gasteiger partial charge on any atom is -0.382 e. The highest BCUT2D eigenvalue weighted by atomic mass is 19.1. The molecule has 2 aromatic rings. The predicted octanol–water partition coefficient (Wildman–Crippen LogP) is 5.01. The van der Waals surface area contributed by atoms with Crippen LogP contribution in [-0.4, -0.2) is 44.9 Å². The Morgan fingerprint density at radius 3 is 2.79 bits per heavy atom. The van der Waals surface area contributed by atoms with Gasteiger partial charge in [0.25, 0.3) is 0 Å². The van der Waals surface area contributed by atoms with Gasteiger partial charge in [-0.25, -0.2) is 18.4 Å². The van der Waals surface area contributed by atoms with Crippen LogP contribution < -0.4 is 0 Å². The Morgan fingerprint density at radius 1 is 1.27 bits per heavy atom. The highest BCUT2D eigenvalue weighted by Crippen LogP contribution is 2.51. The van der Waals surface area contributed by atoms with Crippen molar-refractivity contribution in [1.82, 2.24) is 19.7 Å². The zero-order valence-electron chi connectivity index (χ0n) is 20.2. The zero-order valence-corrected chi connectivity index (χ0v) is 20.2. The van der Waals surface area contributed by atoms with Crippen molar-refractivity contribution in [1.29, 1.82) is 0 Å². The maximum absolute atomic E-state index is 14.8. The number of likely N-dealkylation sites (N-methyl/N-ethyl adjacent to an activating group) is 1. The van der Waals surface area contributed by atoms with Crippen LogP contribution in [-0.2, 0) is 12.1 Å². The standard InChI is InChI=1S/C26H38F2N4O/c1-4-25(2)11-5-6-19-7-8-21(25)12-20(19)14-31(3)15-26(33,16-32-18-29-17-30-32)23-10-9-22(27)13-24(23)28/h9-10,13,17-21,33H,4-8,11-12,14-16H2,1-3H3. The molecule has 7 heteroatoms. The fourth-order valence-corrected chi connectivity index (χ4v) is 6.58. The second-order valence-corrected chi connectivity index (χ2v) is 10.9. The summed E-state index contributed by atoms with van der Waals surface area (Å²) in [5.41, 5.74) is -1.05. The third-order valence-electron chi connectivity index (χ3n) is 8.66. The van der Waals surface area contributed by atoms with Crippen LogP contribution in [0.1, 0.15) is 64.4 Å². The van der Waals surface area contributed by atoms with Crippen LogP contribution in [0.25, 0.3) is 0 Å². The molecule has 2 bridgehead atoms. The molecule has 5 nitrogen and oxygen atoms in total. The van der Waals surface area contributed by atoms with Crippen LogP contribution in [0, 0.1) is 34.8 Å². The summed E-state index contributed by atoms with van der Waals surface area (Å²) in [5, 5.41) is 15.8. The first-order valence-electron chi connectivity index (χ1n) is 12.4. The molecule has 0 aliphatic heterocycles. The Balaban J connectivity index is 1.53. The third-order valence-corrected chi connectivity index (χ3v) is 8.66. The van der Waals surface area contributed by atoms with Crippen LogP contribution in [0.4, 0.5) is 8.78 Å². The Morgan fingerprint density at radius 2 is 2.09 bits per heavy atom. The minimum absolute atomic E-state index is 0.0461. The normalized spacial score (nSPS) is 29.6. The molecule has 1 aromatic carbocycles. The largest absolute Gasteiger partial charge is 0.382 e. The van der Waals surface area contributed by atoms with E-state index >= 15 is 0 Å². The molecule has 1 aromatic heterocycles. The van der Waals surface area contributed by atoms with Gasteiger partial charge in [0, 0.05) is 24.7 Å². The van der Waals surface area contributed by atoms with Crippen molar-refractivity contribution in [3.05, 3.63) is 48.1 Å². The van der Waals surface area contributed by atoms with Crippen molar-refractivity contribution in [3.63, 3.8) is 0 Å². The average Bonchev–Trinajstić information content (AvgIpc) is 3.25. The van der Waals surface area contributed by atoms with Gasteiger partial charge in [-0.15, -0.1) is 0 Å². The first kappa shape index (κ1) is 24.3. The lowest BCUT2D eigenvalue weighted by Gasteiger charge is -2.49. The van der Waals surface area contributed by atoms with E-state index in [1.165, 1.54) is 74.4 Å². The topological polar surface area (TPSA) is 54.2 Å². The summed E-state index contributed by atoms with van der Waals surface area (Å²) in [5.74, 6) is 0.651. The quantitative estimate of drug-likeness (QED) is 0.602. The lowest BCUT2D eigenvalue weighted by Crippen LogP contribution is -2.47. The van der Waals surface area contributed by atoms with Gasteiger partial charge in [0.15, 0.2) is 0 Å². The van der Waals surface area contributed by atoms with Crippen molar-refractivity contribution in [2.45, 2.75) is 70.9 Å². The van der Waals surface area contributed by atoms with Crippen LogP contribution in [0.5, 0.6) is 0 Å². The molecule has 3 aliphatic rings. The SMILES string of the molecule is CCC1(C)CCCC2CCC1CC2CN(C)CC(O)(Cn1cncn1)c1ccc(F)cc1F. The molecule has 0 amide bonds. The van der Waals surface area contributed by atoms with E-state index in [4.69, 9.17) is 0 Å². The monoisotopic (exact) mass is 460 g/mol. The maximum atomic E-state index is 14.8. The summed E-state index contributed by atoms with van der Waals surface area (Å²) in [6.07, 6.45) is 11.9. The molecule has 0 spiro atoms. The molecule has 182 valence electrons. The van der Waals surface area contributed by atoms with E-state index in [0.29, 0.717) is 11.3 Å². The van der Waals surface area contributed by atoms with Gasteiger partial charge >= 0.3 is 0 Å². The number of aliphatic hydroxyl groups is 1. The zero-order chi connectivity index (χ0) is 23.6. The molecular weight excluding hydrogens is 422 g/mol. The number of nitrogens with zero attached hydrogens (tertiary/aromatic N) is 4. The van der Waals surface area contributed by atoms with E-state index in [-0.39, 0.29) is 18.7 Å². The fraction of sp³-hybridized carbons (Fsp3) is 0.692. The summed E-state index contributed by atoms with van der Waals surface area (Å²) in [7, 11) is 2.00. The first-order chi connectivity index (χ1) is 15.7. The van der Waals surface area contributed by atoms with Crippen LogP contribution in [0.3, 0.4) is 0 Å². The number of hydrogen-bond donors (Lipinski definition) is 1. The number of aromatic nitrogens is 3.